The lowest BCUT2D eigenvalue weighted by Crippen LogP contribution is -1.79. The quantitative estimate of drug-likeness (QED) is 0.660. The summed E-state index contributed by atoms with van der Waals surface area (Å²) in [6.45, 7) is 0. The Morgan fingerprint density at radius 2 is 2.40 bits per heavy atom. The Balaban J connectivity index is 3.19. The lowest BCUT2D eigenvalue weighted by atomic mass is 10.4. The predicted molar refractivity (Wildman–Crippen MR) is 37.4 cm³/mol. The molecule has 1 aromatic heterocycles. The first-order chi connectivity index (χ1) is 4.74. The zero-order chi connectivity index (χ0) is 7.56. The first-order valence-corrected chi connectivity index (χ1v) is 3.17. The summed E-state index contributed by atoms with van der Waals surface area (Å²) in [6, 6.07) is 1.13. The second-order valence-corrected chi connectivity index (χ2v) is 2.47. The predicted octanol–water partition coefficient (Wildman–Crippen LogP) is 2.38. The monoisotopic (exact) mass is 204 g/mol. The van der Waals surface area contributed by atoms with Crippen molar-refractivity contribution in [2.24, 2.45) is 5.18 Å². The van der Waals surface area contributed by atoms with Gasteiger partial charge in [0.05, 0.1) is 0 Å². The summed E-state index contributed by atoms with van der Waals surface area (Å²) >= 11 is 2.98. The molecule has 0 N–H and O–H groups in total. The van der Waals surface area contributed by atoms with Crippen LogP contribution in [-0.4, -0.2) is 4.98 Å². The van der Waals surface area contributed by atoms with Crippen molar-refractivity contribution in [3.05, 3.63) is 27.5 Å². The molecule has 0 radical (unpaired) electrons. The van der Waals surface area contributed by atoms with E-state index in [1.165, 1.54) is 6.20 Å². The number of pyridine rings is 1. The Bertz CT molecular complexity index is 266. The number of aromatic nitrogens is 1. The minimum atomic E-state index is -0.718. The van der Waals surface area contributed by atoms with E-state index >= 15 is 0 Å². The first kappa shape index (κ1) is 7.27. The molecule has 52 valence electrons. The molecule has 0 aliphatic heterocycles. The Labute approximate surface area is 64.4 Å². The van der Waals surface area contributed by atoms with Crippen molar-refractivity contribution in [2.45, 2.75) is 0 Å². The molecule has 0 saturated carbocycles. The van der Waals surface area contributed by atoms with E-state index in [9.17, 15) is 9.30 Å². The molecular weight excluding hydrogens is 203 g/mol. The van der Waals surface area contributed by atoms with Crippen molar-refractivity contribution < 1.29 is 4.39 Å². The summed E-state index contributed by atoms with van der Waals surface area (Å²) in [5.41, 5.74) is 0. The van der Waals surface area contributed by atoms with Gasteiger partial charge in [0, 0.05) is 10.7 Å². The van der Waals surface area contributed by atoms with Gasteiger partial charge >= 0.3 is 0 Å². The zero-order valence-electron chi connectivity index (χ0n) is 4.71. The van der Waals surface area contributed by atoms with Gasteiger partial charge in [-0.3, -0.25) is 0 Å². The van der Waals surface area contributed by atoms with Crippen LogP contribution in [0.3, 0.4) is 0 Å². The average molecular weight is 205 g/mol. The van der Waals surface area contributed by atoms with Crippen molar-refractivity contribution in [3.63, 3.8) is 0 Å². The van der Waals surface area contributed by atoms with Crippen molar-refractivity contribution in [2.75, 3.05) is 0 Å². The third-order valence-corrected chi connectivity index (χ3v) is 1.31. The van der Waals surface area contributed by atoms with Crippen molar-refractivity contribution in [1.29, 1.82) is 0 Å². The average Bonchev–Trinajstić information content (AvgIpc) is 1.88. The summed E-state index contributed by atoms with van der Waals surface area (Å²) in [5.74, 6) is -1.13. The number of hydrogen-bond acceptors (Lipinski definition) is 3. The van der Waals surface area contributed by atoms with Gasteiger partial charge in [-0.05, 0) is 27.2 Å². The summed E-state index contributed by atoms with van der Waals surface area (Å²) < 4.78 is 12.9. The Hall–Kier alpha value is -0.840. The highest BCUT2D eigenvalue weighted by molar-refractivity contribution is 9.10. The molecule has 0 saturated heterocycles. The molecule has 1 aromatic rings. The molecule has 3 nitrogen and oxygen atoms in total. The fourth-order valence-electron chi connectivity index (χ4n) is 0.475. The third kappa shape index (κ3) is 1.36. The Morgan fingerprint density at radius 1 is 1.70 bits per heavy atom. The Morgan fingerprint density at radius 3 is 2.90 bits per heavy atom. The van der Waals surface area contributed by atoms with Crippen LogP contribution in [-0.2, 0) is 0 Å². The van der Waals surface area contributed by atoms with E-state index in [4.69, 9.17) is 0 Å². The highest BCUT2D eigenvalue weighted by Gasteiger charge is 2.02. The largest absolute Gasteiger partial charge is 0.232 e. The van der Waals surface area contributed by atoms with Gasteiger partial charge in [0.1, 0.15) is 0 Å². The molecule has 0 atom stereocenters. The number of nitrogens with zero attached hydrogens (tertiary/aromatic N) is 2. The maximum Gasteiger partial charge on any atom is 0.232 e. The standard InChI is InChI=1S/C5H2BrFN2O/c6-3-1-4(7)5(9-10)8-2-3/h1-2H. The van der Waals surface area contributed by atoms with Crippen LogP contribution < -0.4 is 0 Å². The normalized spacial score (nSPS) is 9.40. The molecule has 0 aromatic carbocycles. The maximum atomic E-state index is 12.5. The summed E-state index contributed by atoms with van der Waals surface area (Å²) in [7, 11) is 0. The third-order valence-electron chi connectivity index (χ3n) is 0.875. The van der Waals surface area contributed by atoms with Crippen LogP contribution >= 0.6 is 15.9 Å². The molecule has 1 heterocycles. The molecule has 0 aliphatic rings. The highest BCUT2D eigenvalue weighted by Crippen LogP contribution is 2.17. The zero-order valence-corrected chi connectivity index (χ0v) is 6.30. The number of nitroso groups, excluding NO2 is 1. The van der Waals surface area contributed by atoms with Crippen LogP contribution in [0, 0.1) is 10.7 Å². The van der Waals surface area contributed by atoms with Crippen LogP contribution in [0.25, 0.3) is 0 Å². The van der Waals surface area contributed by atoms with Gasteiger partial charge in [-0.25, -0.2) is 9.37 Å². The number of rotatable bonds is 1. The fourth-order valence-corrected chi connectivity index (χ4v) is 0.778. The van der Waals surface area contributed by atoms with E-state index in [0.29, 0.717) is 4.47 Å². The second-order valence-electron chi connectivity index (χ2n) is 1.55. The van der Waals surface area contributed by atoms with E-state index < -0.39 is 11.6 Å². The van der Waals surface area contributed by atoms with E-state index in [-0.39, 0.29) is 0 Å². The molecule has 5 heteroatoms. The van der Waals surface area contributed by atoms with Gasteiger partial charge in [0.25, 0.3) is 0 Å². The minimum absolute atomic E-state index is 0.414. The summed E-state index contributed by atoms with van der Waals surface area (Å²) in [6.07, 6.45) is 1.31. The SMILES string of the molecule is O=Nc1ncc(Br)cc1F. The van der Waals surface area contributed by atoms with Gasteiger partial charge in [0.2, 0.25) is 5.82 Å². The molecule has 0 fully saturated rings. The maximum absolute atomic E-state index is 12.5. The van der Waals surface area contributed by atoms with E-state index in [2.05, 4.69) is 26.1 Å². The highest BCUT2D eigenvalue weighted by atomic mass is 79.9. The van der Waals surface area contributed by atoms with Gasteiger partial charge in [0.15, 0.2) is 5.82 Å². The van der Waals surface area contributed by atoms with Gasteiger partial charge in [-0.15, -0.1) is 4.91 Å². The fraction of sp³-hybridized carbons (Fsp3) is 0. The summed E-state index contributed by atoms with van der Waals surface area (Å²) in [5, 5.41) is 2.35. The lowest BCUT2D eigenvalue weighted by molar-refractivity contribution is 0.622. The van der Waals surface area contributed by atoms with E-state index in [0.717, 1.165) is 6.07 Å². The molecule has 0 aliphatic carbocycles. The van der Waals surface area contributed by atoms with E-state index in [1.807, 2.05) is 0 Å². The first-order valence-electron chi connectivity index (χ1n) is 2.38. The molecule has 0 spiro atoms. The van der Waals surface area contributed by atoms with Crippen LogP contribution in [0.15, 0.2) is 21.9 Å². The topological polar surface area (TPSA) is 42.3 Å². The number of halogens is 2. The van der Waals surface area contributed by atoms with Crippen molar-refractivity contribution in [1.82, 2.24) is 4.98 Å². The molecule has 1 rings (SSSR count). The number of hydrogen-bond donors (Lipinski definition) is 0. The van der Waals surface area contributed by atoms with Crippen molar-refractivity contribution in [3.8, 4) is 0 Å². The molecule has 10 heavy (non-hydrogen) atoms. The molecule has 0 amide bonds. The van der Waals surface area contributed by atoms with Crippen LogP contribution in [0.4, 0.5) is 10.2 Å². The molecular formula is C5H2BrFN2O. The van der Waals surface area contributed by atoms with Crippen LogP contribution in [0.5, 0.6) is 0 Å². The second kappa shape index (κ2) is 2.83. The van der Waals surface area contributed by atoms with Gasteiger partial charge in [-0.2, -0.15) is 0 Å². The van der Waals surface area contributed by atoms with Crippen LogP contribution in [0.1, 0.15) is 0 Å². The Kier molecular flexibility index (Phi) is 2.06. The minimum Gasteiger partial charge on any atom is -0.230 e. The smallest absolute Gasteiger partial charge is 0.230 e. The molecule has 0 unspecified atom stereocenters. The molecule has 0 bridgehead atoms. The summed E-state index contributed by atoms with van der Waals surface area (Å²) in [4.78, 5) is 13.2. The van der Waals surface area contributed by atoms with Gasteiger partial charge < -0.3 is 0 Å². The van der Waals surface area contributed by atoms with Gasteiger partial charge in [-0.1, -0.05) is 0 Å². The van der Waals surface area contributed by atoms with Crippen LogP contribution in [0.2, 0.25) is 0 Å². The lowest BCUT2D eigenvalue weighted by Gasteiger charge is -1.90. The van der Waals surface area contributed by atoms with E-state index in [1.54, 1.807) is 0 Å². The van der Waals surface area contributed by atoms with Crippen molar-refractivity contribution >= 4 is 21.7 Å².